The number of carbonyl (C=O) groups is 1. The summed E-state index contributed by atoms with van der Waals surface area (Å²) in [5.74, 6) is 0.00810. The normalized spacial score (nSPS) is 12.1. The average molecular weight is 432 g/mol. The summed E-state index contributed by atoms with van der Waals surface area (Å²) in [6.07, 6.45) is 2.16. The van der Waals surface area contributed by atoms with E-state index in [-0.39, 0.29) is 4.90 Å². The summed E-state index contributed by atoms with van der Waals surface area (Å²) in [6, 6.07) is 15.9. The molecule has 2 aromatic carbocycles. The topological polar surface area (TPSA) is 97.4 Å². The highest BCUT2D eigenvalue weighted by Gasteiger charge is 2.18. The van der Waals surface area contributed by atoms with Gasteiger partial charge in [0.25, 0.3) is 15.9 Å². The number of halogens is 1. The Morgan fingerprint density at radius 3 is 2.41 bits per heavy atom. The number of para-hydroxylation sites is 1. The third-order valence-electron chi connectivity index (χ3n) is 3.86. The van der Waals surface area contributed by atoms with Crippen LogP contribution in [0, 0.1) is 0 Å². The van der Waals surface area contributed by atoms with Gasteiger partial charge >= 0.3 is 0 Å². The van der Waals surface area contributed by atoms with Crippen LogP contribution in [0.25, 0.3) is 0 Å². The van der Waals surface area contributed by atoms with E-state index in [1.807, 2.05) is 0 Å². The number of anilines is 2. The lowest BCUT2D eigenvalue weighted by Crippen LogP contribution is -2.30. The number of pyridine rings is 1. The minimum absolute atomic E-state index is 0.0553. The number of ether oxygens (including phenoxy) is 1. The summed E-state index contributed by atoms with van der Waals surface area (Å²) in [5.41, 5.74) is 0.792. The van der Waals surface area contributed by atoms with E-state index in [4.69, 9.17) is 16.3 Å². The molecule has 0 aliphatic rings. The second-order valence-corrected chi connectivity index (χ2v) is 8.14. The SMILES string of the molecule is C[C@H](Oc1ccccc1Cl)C(=O)Nc1ccc(S(=O)(=O)Nc2cccnc2)cc1. The van der Waals surface area contributed by atoms with E-state index in [1.54, 1.807) is 49.5 Å². The zero-order valence-electron chi connectivity index (χ0n) is 15.4. The summed E-state index contributed by atoms with van der Waals surface area (Å²) in [4.78, 5) is 16.3. The Hall–Kier alpha value is -3.10. The number of sulfonamides is 1. The first kappa shape index (κ1) is 20.6. The summed E-state index contributed by atoms with van der Waals surface area (Å²) in [5, 5.41) is 3.08. The molecule has 0 aliphatic heterocycles. The Morgan fingerprint density at radius 2 is 1.76 bits per heavy atom. The van der Waals surface area contributed by atoms with Crippen molar-refractivity contribution in [1.82, 2.24) is 4.98 Å². The van der Waals surface area contributed by atoms with Crippen LogP contribution < -0.4 is 14.8 Å². The number of benzene rings is 2. The Kier molecular flexibility index (Phi) is 6.36. The average Bonchev–Trinajstić information content (AvgIpc) is 2.70. The van der Waals surface area contributed by atoms with Crippen LogP contribution in [0.3, 0.4) is 0 Å². The van der Waals surface area contributed by atoms with E-state index in [1.165, 1.54) is 30.5 Å². The zero-order valence-corrected chi connectivity index (χ0v) is 16.9. The number of aromatic nitrogens is 1. The van der Waals surface area contributed by atoms with Crippen LogP contribution in [0.1, 0.15) is 6.92 Å². The van der Waals surface area contributed by atoms with Crippen molar-refractivity contribution >= 4 is 38.9 Å². The van der Waals surface area contributed by atoms with Crippen LogP contribution in [0.4, 0.5) is 11.4 Å². The van der Waals surface area contributed by atoms with Gasteiger partial charge in [-0.1, -0.05) is 23.7 Å². The maximum absolute atomic E-state index is 12.4. The molecule has 2 N–H and O–H groups in total. The molecule has 7 nitrogen and oxygen atoms in total. The van der Waals surface area contributed by atoms with Crippen molar-refractivity contribution in [1.29, 1.82) is 0 Å². The molecule has 150 valence electrons. The van der Waals surface area contributed by atoms with E-state index in [9.17, 15) is 13.2 Å². The molecule has 3 rings (SSSR count). The number of rotatable bonds is 7. The Bertz CT molecular complexity index is 1090. The first-order chi connectivity index (χ1) is 13.8. The molecule has 3 aromatic rings. The van der Waals surface area contributed by atoms with Crippen LogP contribution in [0.2, 0.25) is 5.02 Å². The number of carbonyl (C=O) groups excluding carboxylic acids is 1. The van der Waals surface area contributed by atoms with Gasteiger partial charge < -0.3 is 10.1 Å². The lowest BCUT2D eigenvalue weighted by molar-refractivity contribution is -0.122. The van der Waals surface area contributed by atoms with E-state index in [0.717, 1.165) is 0 Å². The fourth-order valence-electron chi connectivity index (χ4n) is 2.38. The van der Waals surface area contributed by atoms with Crippen molar-refractivity contribution in [2.45, 2.75) is 17.9 Å². The number of nitrogens with one attached hydrogen (secondary N) is 2. The number of hydrogen-bond donors (Lipinski definition) is 2. The monoisotopic (exact) mass is 431 g/mol. The number of hydrogen-bond acceptors (Lipinski definition) is 5. The Morgan fingerprint density at radius 1 is 1.03 bits per heavy atom. The minimum Gasteiger partial charge on any atom is -0.479 e. The molecule has 0 unspecified atom stereocenters. The quantitative estimate of drug-likeness (QED) is 0.590. The van der Waals surface area contributed by atoms with Gasteiger partial charge in [0.05, 0.1) is 21.8 Å². The van der Waals surface area contributed by atoms with Crippen LogP contribution in [-0.2, 0) is 14.8 Å². The molecule has 1 heterocycles. The molecule has 0 bridgehead atoms. The number of amides is 1. The molecule has 0 spiro atoms. The molecule has 1 aromatic heterocycles. The van der Waals surface area contributed by atoms with Gasteiger partial charge in [0.15, 0.2) is 6.10 Å². The van der Waals surface area contributed by atoms with E-state index >= 15 is 0 Å². The van der Waals surface area contributed by atoms with Crippen LogP contribution in [-0.4, -0.2) is 25.4 Å². The fourth-order valence-corrected chi connectivity index (χ4v) is 3.61. The van der Waals surface area contributed by atoms with Crippen molar-refractivity contribution in [3.05, 3.63) is 78.1 Å². The molecule has 29 heavy (non-hydrogen) atoms. The molecule has 0 fully saturated rings. The van der Waals surface area contributed by atoms with Crippen molar-refractivity contribution in [2.24, 2.45) is 0 Å². The van der Waals surface area contributed by atoms with Gasteiger partial charge in [0.1, 0.15) is 5.75 Å². The first-order valence-corrected chi connectivity index (χ1v) is 10.5. The van der Waals surface area contributed by atoms with Gasteiger partial charge in [-0.25, -0.2) is 8.42 Å². The van der Waals surface area contributed by atoms with Crippen LogP contribution in [0.15, 0.2) is 78.0 Å². The predicted molar refractivity (Wildman–Crippen MR) is 112 cm³/mol. The molecule has 0 saturated carbocycles. The highest BCUT2D eigenvalue weighted by molar-refractivity contribution is 7.92. The summed E-state index contributed by atoms with van der Waals surface area (Å²) < 4.78 is 32.8. The minimum atomic E-state index is -3.76. The first-order valence-electron chi connectivity index (χ1n) is 8.60. The van der Waals surface area contributed by atoms with Crippen molar-refractivity contribution in [3.63, 3.8) is 0 Å². The Balaban J connectivity index is 1.64. The second kappa shape index (κ2) is 8.93. The fraction of sp³-hybridized carbons (Fsp3) is 0.100. The molecule has 0 radical (unpaired) electrons. The van der Waals surface area contributed by atoms with E-state index in [0.29, 0.717) is 22.1 Å². The van der Waals surface area contributed by atoms with Gasteiger partial charge in [-0.05, 0) is 55.5 Å². The van der Waals surface area contributed by atoms with Crippen LogP contribution in [0.5, 0.6) is 5.75 Å². The second-order valence-electron chi connectivity index (χ2n) is 6.05. The zero-order chi connectivity index (χ0) is 20.9. The van der Waals surface area contributed by atoms with Gasteiger partial charge in [-0.15, -0.1) is 0 Å². The lowest BCUT2D eigenvalue weighted by Gasteiger charge is -2.15. The molecule has 0 saturated heterocycles. The van der Waals surface area contributed by atoms with Crippen molar-refractivity contribution < 1.29 is 17.9 Å². The van der Waals surface area contributed by atoms with Crippen molar-refractivity contribution in [3.8, 4) is 5.75 Å². The standard InChI is InChI=1S/C20H18ClN3O4S/c1-14(28-19-7-3-2-6-18(19)21)20(25)23-15-8-10-17(11-9-15)29(26,27)24-16-5-4-12-22-13-16/h2-14,24H,1H3,(H,23,25)/t14-/m0/s1. The van der Waals surface area contributed by atoms with E-state index in [2.05, 4.69) is 15.0 Å². The maximum Gasteiger partial charge on any atom is 0.265 e. The van der Waals surface area contributed by atoms with E-state index < -0.39 is 22.0 Å². The molecule has 1 atom stereocenters. The smallest absolute Gasteiger partial charge is 0.265 e. The molecule has 1 amide bonds. The molecule has 0 aliphatic carbocycles. The van der Waals surface area contributed by atoms with Crippen LogP contribution >= 0.6 is 11.6 Å². The largest absolute Gasteiger partial charge is 0.479 e. The van der Waals surface area contributed by atoms with Gasteiger partial charge in [0.2, 0.25) is 0 Å². The molecular formula is C20H18ClN3O4S. The van der Waals surface area contributed by atoms with Crippen molar-refractivity contribution in [2.75, 3.05) is 10.0 Å². The van der Waals surface area contributed by atoms with Gasteiger partial charge in [0, 0.05) is 11.9 Å². The highest BCUT2D eigenvalue weighted by Crippen LogP contribution is 2.24. The third-order valence-corrected chi connectivity index (χ3v) is 5.56. The maximum atomic E-state index is 12.4. The molecule has 9 heteroatoms. The number of nitrogens with zero attached hydrogens (tertiary/aromatic N) is 1. The van der Waals surface area contributed by atoms with Gasteiger partial charge in [-0.3, -0.25) is 14.5 Å². The lowest BCUT2D eigenvalue weighted by atomic mass is 10.3. The van der Waals surface area contributed by atoms with Gasteiger partial charge in [-0.2, -0.15) is 0 Å². The summed E-state index contributed by atoms with van der Waals surface area (Å²) in [6.45, 7) is 1.59. The summed E-state index contributed by atoms with van der Waals surface area (Å²) >= 11 is 6.03. The predicted octanol–water partition coefficient (Wildman–Crippen LogP) is 3.94. The highest BCUT2D eigenvalue weighted by atomic mass is 35.5. The third kappa shape index (κ3) is 5.46. The summed E-state index contributed by atoms with van der Waals surface area (Å²) in [7, 11) is -3.76. The Labute approximate surface area is 173 Å². The molecular weight excluding hydrogens is 414 g/mol.